The van der Waals surface area contributed by atoms with Gasteiger partial charge in [0.05, 0.1) is 4.70 Å². The number of benzene rings is 2. The van der Waals surface area contributed by atoms with Crippen molar-refractivity contribution < 1.29 is 56.0 Å². The molecule has 280 valence electrons. The minimum atomic E-state index is -5.08. The summed E-state index contributed by atoms with van der Waals surface area (Å²) in [5, 5.41) is 30.5. The van der Waals surface area contributed by atoms with E-state index in [2.05, 4.69) is 58.6 Å². The molecule has 6 N–H and O–H groups in total. The van der Waals surface area contributed by atoms with E-state index in [1.54, 1.807) is 6.07 Å². The third-order valence-corrected chi connectivity index (χ3v) is 8.03. The number of unbranched alkanes of at least 4 members (excludes halogenated alkanes) is 1. The van der Waals surface area contributed by atoms with Gasteiger partial charge in [0.25, 0.3) is 0 Å². The Labute approximate surface area is 288 Å². The molecule has 1 atom stereocenters. The summed E-state index contributed by atoms with van der Waals surface area (Å²) in [6.07, 6.45) is -4.37. The first kappa shape index (κ1) is 43.9. The van der Waals surface area contributed by atoms with Gasteiger partial charge in [-0.1, -0.05) is 67.5 Å². The summed E-state index contributed by atoms with van der Waals surface area (Å²) in [5.41, 5.74) is 2.87. The molecule has 0 fully saturated rings. The van der Waals surface area contributed by atoms with E-state index in [1.807, 2.05) is 12.1 Å². The lowest BCUT2D eigenvalue weighted by molar-refractivity contribution is -0.193. The van der Waals surface area contributed by atoms with Gasteiger partial charge in [-0.2, -0.15) is 26.3 Å². The van der Waals surface area contributed by atoms with Crippen LogP contribution in [0.3, 0.4) is 0 Å². The average Bonchev–Trinajstić information content (AvgIpc) is 3.45. The Morgan fingerprint density at radius 3 is 2.06 bits per heavy atom. The molecule has 50 heavy (non-hydrogen) atoms. The zero-order valence-electron chi connectivity index (χ0n) is 27.5. The van der Waals surface area contributed by atoms with Crippen LogP contribution in [0.5, 0.6) is 5.75 Å². The normalized spacial score (nSPS) is 12.0. The number of fused-ring (bicyclic) bond motifs is 1. The number of carbonyl (C=O) groups excluding carboxylic acids is 1. The van der Waals surface area contributed by atoms with E-state index in [4.69, 9.17) is 19.8 Å². The summed E-state index contributed by atoms with van der Waals surface area (Å²) in [6.45, 7) is 8.21. The third kappa shape index (κ3) is 17.5. The summed E-state index contributed by atoms with van der Waals surface area (Å²) in [7, 11) is 0. The molecule has 0 aliphatic carbocycles. The number of nitrogens with zero attached hydrogens (tertiary/aromatic N) is 1. The number of halogens is 6. The number of aromatic amines is 1. The van der Waals surface area contributed by atoms with Crippen LogP contribution in [-0.4, -0.2) is 94.2 Å². The maximum atomic E-state index is 12.5. The number of carboxylic acid groups (broad SMARTS) is 2. The maximum Gasteiger partial charge on any atom is 0.490 e. The number of aromatic hydroxyl groups is 1. The van der Waals surface area contributed by atoms with Crippen LogP contribution in [0.2, 0.25) is 0 Å². The highest BCUT2D eigenvalue weighted by Gasteiger charge is 2.38. The molecule has 1 heterocycles. The number of alkyl halides is 6. The van der Waals surface area contributed by atoms with Gasteiger partial charge in [0.15, 0.2) is 0 Å². The molecule has 3 aromatic rings. The quantitative estimate of drug-likeness (QED) is 0.0840. The number of carboxylic acids is 2. The number of aromatic nitrogens is 1. The van der Waals surface area contributed by atoms with E-state index in [1.165, 1.54) is 18.4 Å². The molecule has 1 aromatic heterocycles. The molecule has 3 rings (SSSR count). The first-order chi connectivity index (χ1) is 23.4. The first-order valence-corrected chi connectivity index (χ1v) is 16.4. The molecule has 0 aliphatic rings. The fraction of sp³-hybridized carbons (Fsp3) is 0.500. The van der Waals surface area contributed by atoms with E-state index < -0.39 is 24.3 Å². The molecule has 0 unspecified atom stereocenters. The monoisotopic (exact) mass is 740 g/mol. The standard InChI is InChI=1S/C28H40N4O3S.2C2HF3O2/c1-3-4-8-21(2)32(19-14-22-9-6-5-7-10-22)20-15-25(34)30-18-17-29-16-13-23-11-12-24(33)26-27(23)36-28(35)31-26;2*3-2(4,5)1(6)7/h5-7,9-12,21,29,33H,3-4,8,13-20H2,1-2H3,(H,30,34)(H,31,35);2*(H,6,7)/t21-;;/m0../s1. The van der Waals surface area contributed by atoms with Gasteiger partial charge in [-0.05, 0) is 49.9 Å². The van der Waals surface area contributed by atoms with E-state index in [-0.39, 0.29) is 16.5 Å². The largest absolute Gasteiger partial charge is 0.506 e. The van der Waals surface area contributed by atoms with Gasteiger partial charge < -0.3 is 30.9 Å². The molecule has 11 nitrogen and oxygen atoms in total. The summed E-state index contributed by atoms with van der Waals surface area (Å²) >= 11 is 1.12. The number of amides is 1. The van der Waals surface area contributed by atoms with E-state index in [0.717, 1.165) is 60.5 Å². The van der Waals surface area contributed by atoms with Crippen molar-refractivity contribution in [2.75, 3.05) is 32.7 Å². The Morgan fingerprint density at radius 1 is 0.900 bits per heavy atom. The van der Waals surface area contributed by atoms with E-state index >= 15 is 0 Å². The second-order valence-electron chi connectivity index (χ2n) is 10.9. The molecule has 0 saturated carbocycles. The second-order valence-corrected chi connectivity index (χ2v) is 11.9. The summed E-state index contributed by atoms with van der Waals surface area (Å²) in [4.78, 5) is 46.9. The molecule has 18 heteroatoms. The molecule has 0 bridgehead atoms. The van der Waals surface area contributed by atoms with Crippen molar-refractivity contribution in [1.29, 1.82) is 0 Å². The highest BCUT2D eigenvalue weighted by Crippen LogP contribution is 2.27. The van der Waals surface area contributed by atoms with Crippen LogP contribution in [0.15, 0.2) is 47.3 Å². The first-order valence-electron chi connectivity index (χ1n) is 15.6. The summed E-state index contributed by atoms with van der Waals surface area (Å²) < 4.78 is 64.3. The van der Waals surface area contributed by atoms with E-state index in [9.17, 15) is 41.0 Å². The van der Waals surface area contributed by atoms with E-state index in [0.29, 0.717) is 31.1 Å². The Kier molecular flexibility index (Phi) is 19.1. The van der Waals surface area contributed by atoms with Crippen LogP contribution in [0.25, 0.3) is 10.2 Å². The Hall–Kier alpha value is -4.16. The lowest BCUT2D eigenvalue weighted by Gasteiger charge is -2.29. The Bertz CT molecular complexity index is 1510. The fourth-order valence-corrected chi connectivity index (χ4v) is 5.29. The molecule has 0 spiro atoms. The number of rotatable bonds is 16. The van der Waals surface area contributed by atoms with Crippen LogP contribution in [0.1, 0.15) is 50.7 Å². The highest BCUT2D eigenvalue weighted by atomic mass is 32.1. The van der Waals surface area contributed by atoms with Crippen molar-refractivity contribution in [1.82, 2.24) is 20.5 Å². The van der Waals surface area contributed by atoms with Crippen molar-refractivity contribution >= 4 is 39.4 Å². The third-order valence-electron chi connectivity index (χ3n) is 7.07. The molecular weight excluding hydrogens is 698 g/mol. The molecule has 2 aromatic carbocycles. The molecule has 1 amide bonds. The zero-order chi connectivity index (χ0) is 37.9. The highest BCUT2D eigenvalue weighted by molar-refractivity contribution is 7.16. The van der Waals surface area contributed by atoms with Crippen molar-refractivity contribution in [3.63, 3.8) is 0 Å². The van der Waals surface area contributed by atoms with Crippen molar-refractivity contribution in [3.05, 3.63) is 63.3 Å². The lowest BCUT2D eigenvalue weighted by atomic mass is 10.1. The van der Waals surface area contributed by atoms with Gasteiger partial charge in [0.2, 0.25) is 5.91 Å². The smallest absolute Gasteiger partial charge is 0.490 e. The summed E-state index contributed by atoms with van der Waals surface area (Å²) in [6, 6.07) is 14.5. The number of aliphatic carboxylic acids is 2. The minimum absolute atomic E-state index is 0.0848. The van der Waals surface area contributed by atoms with Gasteiger partial charge >= 0.3 is 29.2 Å². The predicted octanol–water partition coefficient (Wildman–Crippen LogP) is 5.32. The Morgan fingerprint density at radius 2 is 1.50 bits per heavy atom. The van der Waals surface area contributed by atoms with Crippen LogP contribution >= 0.6 is 11.3 Å². The number of H-pyrrole nitrogens is 1. The average molecular weight is 741 g/mol. The Balaban J connectivity index is 0.000000748. The number of carbonyl (C=O) groups is 3. The maximum absolute atomic E-state index is 12.5. The summed E-state index contributed by atoms with van der Waals surface area (Å²) in [5.74, 6) is -5.33. The predicted molar refractivity (Wildman–Crippen MR) is 176 cm³/mol. The van der Waals surface area contributed by atoms with Crippen molar-refractivity contribution in [2.24, 2.45) is 0 Å². The molecule has 0 aliphatic heterocycles. The number of phenolic OH excluding ortho intramolecular Hbond substituents is 1. The SMILES string of the molecule is CCCC[C@H](C)N(CCC(=O)NCCNCCc1ccc(O)c2[nH]c(=O)sc12)CCc1ccccc1.O=C(O)C(F)(F)F.O=C(O)C(F)(F)F. The lowest BCUT2D eigenvalue weighted by Crippen LogP contribution is -2.39. The number of thiazole rings is 1. The van der Waals surface area contributed by atoms with Gasteiger partial charge in [-0.15, -0.1) is 0 Å². The molecule has 0 saturated heterocycles. The number of nitrogens with one attached hydrogen (secondary N) is 3. The van der Waals surface area contributed by atoms with Gasteiger partial charge in [0.1, 0.15) is 11.3 Å². The van der Waals surface area contributed by atoms with Crippen LogP contribution in [0, 0.1) is 0 Å². The molecular formula is C32H42F6N4O7S. The molecule has 0 radical (unpaired) electrons. The zero-order valence-corrected chi connectivity index (χ0v) is 28.3. The van der Waals surface area contributed by atoms with Crippen molar-refractivity contribution in [3.8, 4) is 5.75 Å². The van der Waals surface area contributed by atoms with Gasteiger partial charge in [-0.25, -0.2) is 9.59 Å². The number of hydrogen-bond acceptors (Lipinski definition) is 8. The number of phenols is 1. The van der Waals surface area contributed by atoms with Crippen LogP contribution < -0.4 is 15.5 Å². The van der Waals surface area contributed by atoms with Gasteiger partial charge in [0, 0.05) is 38.6 Å². The van der Waals surface area contributed by atoms with Crippen LogP contribution in [0.4, 0.5) is 26.3 Å². The van der Waals surface area contributed by atoms with Crippen LogP contribution in [-0.2, 0) is 27.2 Å². The van der Waals surface area contributed by atoms with Gasteiger partial charge in [-0.3, -0.25) is 14.5 Å². The fourth-order valence-electron chi connectivity index (χ4n) is 4.39. The van der Waals surface area contributed by atoms with Crippen molar-refractivity contribution in [2.45, 2.75) is 70.8 Å². The second kappa shape index (κ2) is 21.8. The number of hydrogen-bond donors (Lipinski definition) is 6. The minimum Gasteiger partial charge on any atom is -0.506 e. The topological polar surface area (TPSA) is 172 Å².